The van der Waals surface area contributed by atoms with Crippen LogP contribution in [0, 0.1) is 5.82 Å². The summed E-state index contributed by atoms with van der Waals surface area (Å²) < 4.78 is 19.6. The van der Waals surface area contributed by atoms with Crippen LogP contribution in [0.15, 0.2) is 12.3 Å². The number of hydrogen-bond acceptors (Lipinski definition) is 3. The lowest BCUT2D eigenvalue weighted by atomic mass is 10.1. The van der Waals surface area contributed by atoms with Gasteiger partial charge in [-0.1, -0.05) is 51.9 Å². The molecular weight excluding hydrogens is 297 g/mol. The van der Waals surface area contributed by atoms with E-state index in [9.17, 15) is 9.18 Å². The van der Waals surface area contributed by atoms with Crippen LogP contribution in [0.25, 0.3) is 0 Å². The maximum Gasteiger partial charge on any atom is 0.361 e. The first-order chi connectivity index (χ1) is 11.2. The van der Waals surface area contributed by atoms with Gasteiger partial charge in [-0.3, -0.25) is 0 Å². The predicted octanol–water partition coefficient (Wildman–Crippen LogP) is 4.76. The van der Waals surface area contributed by atoms with Crippen LogP contribution in [0.2, 0.25) is 0 Å². The third-order valence-electron chi connectivity index (χ3n) is 3.75. The summed E-state index contributed by atoms with van der Waals surface area (Å²) in [4.78, 5) is 17.1. The Morgan fingerprint density at radius 2 is 1.65 bits per heavy atom. The molecule has 0 amide bonds. The number of rotatable bonds is 13. The number of nitrogens with zero attached hydrogens (tertiary/aromatic N) is 1. The number of ether oxygens (including phenoxy) is 1. The van der Waals surface area contributed by atoms with Crippen molar-refractivity contribution in [3.05, 3.63) is 23.8 Å². The highest BCUT2D eigenvalue weighted by atomic mass is 19.1. The van der Waals surface area contributed by atoms with Gasteiger partial charge in [0.15, 0.2) is 11.5 Å². The average molecular weight is 327 g/mol. The summed E-state index contributed by atoms with van der Waals surface area (Å²) in [6.07, 6.45) is 12.5. The standard InChI is InChI=1S/C18H30FNO3/c1-3-5-6-7-8-9-10-11-12-15-23-20-14-13-16(19)17(20)18(21)22-4-2/h13-14H,3-12,15H2,1-2H3. The van der Waals surface area contributed by atoms with Crippen molar-refractivity contribution in [2.45, 2.75) is 71.6 Å². The summed E-state index contributed by atoms with van der Waals surface area (Å²) in [7, 11) is 0. The van der Waals surface area contributed by atoms with Gasteiger partial charge in [-0.05, 0) is 25.8 Å². The third-order valence-corrected chi connectivity index (χ3v) is 3.75. The summed E-state index contributed by atoms with van der Waals surface area (Å²) in [6, 6.07) is 1.21. The van der Waals surface area contributed by atoms with Gasteiger partial charge in [0.05, 0.1) is 6.61 Å². The molecule has 0 radical (unpaired) electrons. The van der Waals surface area contributed by atoms with E-state index in [1.54, 1.807) is 6.92 Å². The molecule has 0 spiro atoms. The fourth-order valence-electron chi connectivity index (χ4n) is 2.46. The van der Waals surface area contributed by atoms with Crippen LogP contribution in [-0.4, -0.2) is 23.9 Å². The Bertz CT molecular complexity index is 445. The molecule has 0 unspecified atom stereocenters. The van der Waals surface area contributed by atoms with Crippen molar-refractivity contribution in [1.29, 1.82) is 0 Å². The Morgan fingerprint density at radius 3 is 2.26 bits per heavy atom. The van der Waals surface area contributed by atoms with Gasteiger partial charge >= 0.3 is 5.97 Å². The predicted molar refractivity (Wildman–Crippen MR) is 89.0 cm³/mol. The van der Waals surface area contributed by atoms with E-state index in [1.165, 1.54) is 61.9 Å². The summed E-state index contributed by atoms with van der Waals surface area (Å²) in [6.45, 7) is 4.59. The van der Waals surface area contributed by atoms with Gasteiger partial charge < -0.3 is 9.57 Å². The molecule has 0 aliphatic carbocycles. The highest BCUT2D eigenvalue weighted by Crippen LogP contribution is 2.11. The number of unbranched alkanes of at least 4 members (excludes halogenated alkanes) is 8. The number of esters is 1. The molecule has 1 aromatic heterocycles. The maximum absolute atomic E-state index is 13.6. The Balaban J connectivity index is 2.15. The minimum atomic E-state index is -0.693. The van der Waals surface area contributed by atoms with Crippen molar-refractivity contribution >= 4 is 5.97 Å². The molecule has 5 heteroatoms. The van der Waals surface area contributed by atoms with E-state index in [4.69, 9.17) is 9.57 Å². The van der Waals surface area contributed by atoms with E-state index in [2.05, 4.69) is 6.92 Å². The first kappa shape index (κ1) is 19.5. The SMILES string of the molecule is CCCCCCCCCCCOn1ccc(F)c1C(=O)OCC. The van der Waals surface area contributed by atoms with Crippen molar-refractivity contribution in [2.24, 2.45) is 0 Å². The molecule has 0 aliphatic rings. The Labute approximate surface area is 138 Å². The minimum absolute atomic E-state index is 0.164. The van der Waals surface area contributed by atoms with E-state index < -0.39 is 11.8 Å². The second-order valence-corrected chi connectivity index (χ2v) is 5.72. The molecule has 4 nitrogen and oxygen atoms in total. The molecule has 0 aliphatic heterocycles. The van der Waals surface area contributed by atoms with E-state index in [1.807, 2.05) is 0 Å². The highest BCUT2D eigenvalue weighted by molar-refractivity contribution is 5.87. The maximum atomic E-state index is 13.6. The van der Waals surface area contributed by atoms with Crippen molar-refractivity contribution in [3.63, 3.8) is 0 Å². The highest BCUT2D eigenvalue weighted by Gasteiger charge is 2.19. The number of carbonyl (C=O) groups is 1. The number of carbonyl (C=O) groups excluding carboxylic acids is 1. The van der Waals surface area contributed by atoms with Crippen LogP contribution in [0.1, 0.15) is 82.1 Å². The van der Waals surface area contributed by atoms with Crippen molar-refractivity contribution in [2.75, 3.05) is 13.2 Å². The van der Waals surface area contributed by atoms with Crippen LogP contribution < -0.4 is 4.84 Å². The molecule has 1 heterocycles. The summed E-state index contributed by atoms with van der Waals surface area (Å²) in [5.41, 5.74) is -0.164. The quantitative estimate of drug-likeness (QED) is 0.387. The van der Waals surface area contributed by atoms with Crippen LogP contribution in [0.4, 0.5) is 4.39 Å². The van der Waals surface area contributed by atoms with Gasteiger partial charge in [-0.15, -0.1) is 0 Å². The molecule has 0 aromatic carbocycles. The van der Waals surface area contributed by atoms with E-state index >= 15 is 0 Å². The first-order valence-corrected chi connectivity index (χ1v) is 8.88. The van der Waals surface area contributed by atoms with E-state index in [-0.39, 0.29) is 12.3 Å². The normalized spacial score (nSPS) is 10.7. The lowest BCUT2D eigenvalue weighted by Crippen LogP contribution is -2.20. The minimum Gasteiger partial charge on any atom is -0.461 e. The lowest BCUT2D eigenvalue weighted by Gasteiger charge is -2.10. The Hall–Kier alpha value is -1.52. The molecule has 0 saturated carbocycles. The second kappa shape index (κ2) is 12.0. The number of hydrogen-bond donors (Lipinski definition) is 0. The van der Waals surface area contributed by atoms with E-state index in [0.717, 1.165) is 12.8 Å². The summed E-state index contributed by atoms with van der Waals surface area (Å²) in [5.74, 6) is -1.31. The molecule has 0 atom stereocenters. The summed E-state index contributed by atoms with van der Waals surface area (Å²) in [5, 5.41) is 0. The van der Waals surface area contributed by atoms with Gasteiger partial charge in [0.2, 0.25) is 0 Å². The molecule has 132 valence electrons. The molecular formula is C18H30FNO3. The third kappa shape index (κ3) is 7.53. The number of halogens is 1. The van der Waals surface area contributed by atoms with Crippen molar-refractivity contribution in [1.82, 2.24) is 4.73 Å². The average Bonchev–Trinajstić information content (AvgIpc) is 2.90. The molecule has 0 N–H and O–H groups in total. The van der Waals surface area contributed by atoms with E-state index in [0.29, 0.717) is 6.61 Å². The van der Waals surface area contributed by atoms with Crippen LogP contribution in [0.5, 0.6) is 0 Å². The van der Waals surface area contributed by atoms with Gasteiger partial charge in [0, 0.05) is 6.20 Å². The largest absolute Gasteiger partial charge is 0.461 e. The van der Waals surface area contributed by atoms with Gasteiger partial charge in [-0.25, -0.2) is 9.18 Å². The van der Waals surface area contributed by atoms with Crippen LogP contribution in [-0.2, 0) is 4.74 Å². The zero-order valence-electron chi connectivity index (χ0n) is 14.5. The fraction of sp³-hybridized carbons (Fsp3) is 0.722. The smallest absolute Gasteiger partial charge is 0.361 e. The first-order valence-electron chi connectivity index (χ1n) is 8.88. The zero-order chi connectivity index (χ0) is 16.9. The van der Waals surface area contributed by atoms with Crippen LogP contribution >= 0.6 is 0 Å². The Morgan fingerprint density at radius 1 is 1.04 bits per heavy atom. The molecule has 1 rings (SSSR count). The molecule has 0 fully saturated rings. The second-order valence-electron chi connectivity index (χ2n) is 5.72. The molecule has 0 saturated heterocycles. The molecule has 1 aromatic rings. The van der Waals surface area contributed by atoms with Crippen molar-refractivity contribution in [3.8, 4) is 0 Å². The van der Waals surface area contributed by atoms with Crippen LogP contribution in [0.3, 0.4) is 0 Å². The summed E-state index contributed by atoms with van der Waals surface area (Å²) >= 11 is 0. The van der Waals surface area contributed by atoms with Gasteiger partial charge in [0.1, 0.15) is 6.61 Å². The lowest BCUT2D eigenvalue weighted by molar-refractivity contribution is 0.0426. The molecule has 23 heavy (non-hydrogen) atoms. The van der Waals surface area contributed by atoms with Gasteiger partial charge in [0.25, 0.3) is 0 Å². The fourth-order valence-corrected chi connectivity index (χ4v) is 2.46. The van der Waals surface area contributed by atoms with Gasteiger partial charge in [-0.2, -0.15) is 4.73 Å². The molecule has 0 bridgehead atoms. The zero-order valence-corrected chi connectivity index (χ0v) is 14.5. The monoisotopic (exact) mass is 327 g/mol. The number of aromatic nitrogens is 1. The Kier molecular flexibility index (Phi) is 10.2. The topological polar surface area (TPSA) is 40.5 Å². The van der Waals surface area contributed by atoms with Crippen molar-refractivity contribution < 1.29 is 18.8 Å².